The number of furan rings is 1. The van der Waals surface area contributed by atoms with E-state index in [0.29, 0.717) is 5.76 Å². The van der Waals surface area contributed by atoms with Gasteiger partial charge >= 0.3 is 6.01 Å². The van der Waals surface area contributed by atoms with Gasteiger partial charge in [0.2, 0.25) is 0 Å². The van der Waals surface area contributed by atoms with Crippen molar-refractivity contribution >= 4 is 11.9 Å². The van der Waals surface area contributed by atoms with Crippen LogP contribution >= 0.6 is 0 Å². The van der Waals surface area contributed by atoms with Crippen molar-refractivity contribution in [1.82, 2.24) is 10.2 Å². The second kappa shape index (κ2) is 4.96. The zero-order valence-corrected chi connectivity index (χ0v) is 10.0. The van der Waals surface area contributed by atoms with Gasteiger partial charge < -0.3 is 8.83 Å². The smallest absolute Gasteiger partial charge is 0.322 e. The van der Waals surface area contributed by atoms with Crippen molar-refractivity contribution in [2.45, 2.75) is 0 Å². The topological polar surface area (TPSA) is 81.2 Å². The van der Waals surface area contributed by atoms with Gasteiger partial charge in [-0.15, -0.1) is 5.10 Å². The summed E-state index contributed by atoms with van der Waals surface area (Å²) in [6.07, 6.45) is 1.46. The predicted molar refractivity (Wildman–Crippen MR) is 66.4 cm³/mol. The van der Waals surface area contributed by atoms with Crippen LogP contribution in [0.2, 0.25) is 0 Å². The van der Waals surface area contributed by atoms with Gasteiger partial charge in [0.15, 0.2) is 5.76 Å². The SMILES string of the molecule is O=C(Nc1nnc(-c2ccco2)o1)c1ccccc1F. The molecule has 0 unspecified atom stereocenters. The van der Waals surface area contributed by atoms with Gasteiger partial charge in [0.1, 0.15) is 5.82 Å². The fourth-order valence-electron chi connectivity index (χ4n) is 1.58. The number of nitrogens with zero attached hydrogens (tertiary/aromatic N) is 2. The number of carbonyl (C=O) groups is 1. The molecule has 6 nitrogen and oxygen atoms in total. The van der Waals surface area contributed by atoms with Crippen LogP contribution in [-0.4, -0.2) is 16.1 Å². The van der Waals surface area contributed by atoms with Gasteiger partial charge in [-0.2, -0.15) is 0 Å². The monoisotopic (exact) mass is 273 g/mol. The van der Waals surface area contributed by atoms with Crippen molar-refractivity contribution in [2.75, 3.05) is 5.32 Å². The van der Waals surface area contributed by atoms with Crippen molar-refractivity contribution in [3.63, 3.8) is 0 Å². The normalized spacial score (nSPS) is 10.4. The number of carbonyl (C=O) groups excluding carboxylic acids is 1. The van der Waals surface area contributed by atoms with Crippen LogP contribution in [0.1, 0.15) is 10.4 Å². The standard InChI is InChI=1S/C13H8FN3O3/c14-9-5-2-1-4-8(9)11(18)15-13-17-16-12(20-13)10-6-3-7-19-10/h1-7H,(H,15,17,18). The van der Waals surface area contributed by atoms with Gasteiger partial charge in [-0.3, -0.25) is 10.1 Å². The van der Waals surface area contributed by atoms with Crippen LogP contribution in [0.15, 0.2) is 51.5 Å². The molecule has 0 radical (unpaired) electrons. The molecule has 1 N–H and O–H groups in total. The number of aromatic nitrogens is 2. The quantitative estimate of drug-likeness (QED) is 0.793. The summed E-state index contributed by atoms with van der Waals surface area (Å²) in [5.74, 6) is -0.795. The average Bonchev–Trinajstić information content (AvgIpc) is 3.09. The first-order chi connectivity index (χ1) is 9.74. The zero-order chi connectivity index (χ0) is 13.9. The Balaban J connectivity index is 1.79. The minimum atomic E-state index is -0.669. The maximum atomic E-state index is 13.4. The zero-order valence-electron chi connectivity index (χ0n) is 10.0. The Morgan fingerprint density at radius 1 is 1.15 bits per heavy atom. The third kappa shape index (κ3) is 2.28. The molecule has 0 saturated heterocycles. The number of hydrogen-bond donors (Lipinski definition) is 1. The van der Waals surface area contributed by atoms with Crippen LogP contribution < -0.4 is 5.32 Å². The molecule has 0 fully saturated rings. The molecule has 0 aliphatic heterocycles. The van der Waals surface area contributed by atoms with Gasteiger partial charge in [0.05, 0.1) is 11.8 Å². The maximum absolute atomic E-state index is 13.4. The lowest BCUT2D eigenvalue weighted by Crippen LogP contribution is -2.13. The van der Waals surface area contributed by atoms with Crippen LogP contribution in [0.4, 0.5) is 10.4 Å². The van der Waals surface area contributed by atoms with Crippen molar-refractivity contribution in [2.24, 2.45) is 0 Å². The molecule has 1 amide bonds. The molecule has 0 bridgehead atoms. The Kier molecular flexibility index (Phi) is 3.00. The van der Waals surface area contributed by atoms with E-state index in [1.807, 2.05) is 0 Å². The molecule has 0 saturated carbocycles. The summed E-state index contributed by atoms with van der Waals surface area (Å²) in [5, 5.41) is 9.67. The lowest BCUT2D eigenvalue weighted by molar-refractivity contribution is 0.102. The molecule has 0 spiro atoms. The van der Waals surface area contributed by atoms with Gasteiger partial charge in [0, 0.05) is 0 Å². The lowest BCUT2D eigenvalue weighted by Gasteiger charge is -2.01. The van der Waals surface area contributed by atoms with Crippen LogP contribution in [0, 0.1) is 5.82 Å². The lowest BCUT2D eigenvalue weighted by atomic mass is 10.2. The highest BCUT2D eigenvalue weighted by atomic mass is 19.1. The van der Waals surface area contributed by atoms with Gasteiger partial charge in [-0.25, -0.2) is 4.39 Å². The summed E-state index contributed by atoms with van der Waals surface area (Å²) in [4.78, 5) is 11.8. The van der Waals surface area contributed by atoms with Gasteiger partial charge in [-0.05, 0) is 24.3 Å². The number of hydrogen-bond acceptors (Lipinski definition) is 5. The van der Waals surface area contributed by atoms with Crippen molar-refractivity contribution < 1.29 is 18.0 Å². The summed E-state index contributed by atoms with van der Waals surface area (Å²) < 4.78 is 23.7. The molecule has 20 heavy (non-hydrogen) atoms. The number of rotatable bonds is 3. The first-order valence-electron chi connectivity index (χ1n) is 5.67. The summed E-state index contributed by atoms with van der Waals surface area (Å²) in [5.41, 5.74) is -0.106. The number of benzene rings is 1. The summed E-state index contributed by atoms with van der Waals surface area (Å²) in [6.45, 7) is 0. The molecule has 2 aromatic heterocycles. The number of nitrogens with one attached hydrogen (secondary N) is 1. The number of halogens is 1. The average molecular weight is 273 g/mol. The van der Waals surface area contributed by atoms with Gasteiger partial charge in [0.25, 0.3) is 11.8 Å². The summed E-state index contributed by atoms with van der Waals surface area (Å²) in [6, 6.07) is 8.76. The highest BCUT2D eigenvalue weighted by molar-refractivity contribution is 6.03. The van der Waals surface area contributed by atoms with E-state index in [-0.39, 0.29) is 17.5 Å². The Labute approximate surface area is 112 Å². The van der Waals surface area contributed by atoms with E-state index in [2.05, 4.69) is 15.5 Å². The second-order valence-corrected chi connectivity index (χ2v) is 3.82. The van der Waals surface area contributed by atoms with E-state index in [1.54, 1.807) is 18.2 Å². The highest BCUT2D eigenvalue weighted by Gasteiger charge is 2.16. The molecule has 1 aromatic carbocycles. The van der Waals surface area contributed by atoms with E-state index < -0.39 is 11.7 Å². The Bertz CT molecular complexity index is 737. The number of amides is 1. The molecule has 2 heterocycles. The van der Waals surface area contributed by atoms with E-state index in [1.165, 1.54) is 24.5 Å². The Morgan fingerprint density at radius 3 is 2.75 bits per heavy atom. The molecule has 0 aliphatic rings. The minimum absolute atomic E-state index is 0.106. The van der Waals surface area contributed by atoms with Crippen molar-refractivity contribution in [3.8, 4) is 11.7 Å². The number of anilines is 1. The molecule has 100 valence electrons. The predicted octanol–water partition coefficient (Wildman–Crippen LogP) is 2.72. The summed E-state index contributed by atoms with van der Waals surface area (Å²) >= 11 is 0. The minimum Gasteiger partial charge on any atom is -0.459 e. The van der Waals surface area contributed by atoms with Crippen LogP contribution in [-0.2, 0) is 0 Å². The van der Waals surface area contributed by atoms with E-state index in [0.717, 1.165) is 0 Å². The van der Waals surface area contributed by atoms with E-state index in [9.17, 15) is 9.18 Å². The molecular weight excluding hydrogens is 265 g/mol. The van der Waals surface area contributed by atoms with E-state index in [4.69, 9.17) is 8.83 Å². The first kappa shape index (κ1) is 12.1. The largest absolute Gasteiger partial charge is 0.459 e. The first-order valence-corrected chi connectivity index (χ1v) is 5.67. The van der Waals surface area contributed by atoms with Crippen molar-refractivity contribution in [1.29, 1.82) is 0 Å². The van der Waals surface area contributed by atoms with Crippen LogP contribution in [0.5, 0.6) is 0 Å². The second-order valence-electron chi connectivity index (χ2n) is 3.82. The molecular formula is C13H8FN3O3. The highest BCUT2D eigenvalue weighted by Crippen LogP contribution is 2.20. The molecule has 7 heteroatoms. The maximum Gasteiger partial charge on any atom is 0.322 e. The third-order valence-corrected chi connectivity index (χ3v) is 2.50. The Hall–Kier alpha value is -2.96. The fraction of sp³-hybridized carbons (Fsp3) is 0. The van der Waals surface area contributed by atoms with E-state index >= 15 is 0 Å². The molecule has 3 rings (SSSR count). The van der Waals surface area contributed by atoms with Crippen LogP contribution in [0.25, 0.3) is 11.7 Å². The van der Waals surface area contributed by atoms with Gasteiger partial charge in [-0.1, -0.05) is 17.2 Å². The molecule has 3 aromatic rings. The summed E-state index contributed by atoms with van der Waals surface area (Å²) in [7, 11) is 0. The third-order valence-electron chi connectivity index (χ3n) is 2.50. The van der Waals surface area contributed by atoms with Crippen molar-refractivity contribution in [3.05, 3.63) is 54.0 Å². The van der Waals surface area contributed by atoms with Crippen LogP contribution in [0.3, 0.4) is 0 Å². The molecule has 0 aliphatic carbocycles. The molecule has 0 atom stereocenters. The fourth-order valence-corrected chi connectivity index (χ4v) is 1.58. The Morgan fingerprint density at radius 2 is 2.00 bits per heavy atom.